The number of aromatic hydroxyl groups is 1. The molecule has 1 aliphatic heterocycles. The van der Waals surface area contributed by atoms with E-state index in [0.717, 1.165) is 23.3 Å². The van der Waals surface area contributed by atoms with Gasteiger partial charge in [0.05, 0.1) is 5.69 Å². The highest BCUT2D eigenvalue weighted by molar-refractivity contribution is 6.33. The fourth-order valence-corrected chi connectivity index (χ4v) is 3.99. The van der Waals surface area contributed by atoms with Crippen LogP contribution in [0.25, 0.3) is 16.7 Å². The summed E-state index contributed by atoms with van der Waals surface area (Å²) in [6, 6.07) is 10.8. The van der Waals surface area contributed by atoms with E-state index in [4.69, 9.17) is 0 Å². The summed E-state index contributed by atoms with van der Waals surface area (Å²) < 4.78 is 0. The van der Waals surface area contributed by atoms with Crippen molar-refractivity contribution in [1.29, 1.82) is 0 Å². The van der Waals surface area contributed by atoms with Crippen molar-refractivity contribution in [1.82, 2.24) is 15.0 Å². The molecular weight excluding hydrogens is 356 g/mol. The lowest BCUT2D eigenvalue weighted by molar-refractivity contribution is -0.120. The molecule has 7 heteroatoms. The molecule has 3 aromatic rings. The monoisotopic (exact) mass is 374 g/mol. The third kappa shape index (κ3) is 2.36. The van der Waals surface area contributed by atoms with Crippen molar-refractivity contribution in [3.8, 4) is 11.4 Å². The SMILES string of the molecule is Cc1cc(N2C(=O)C3=C(CCCC3)C2=O)c(O)c(-n2nc3ccccc3n2)c1. The number of benzene rings is 2. The molecule has 0 unspecified atom stereocenters. The number of fused-ring (bicyclic) bond motifs is 1. The highest BCUT2D eigenvalue weighted by Gasteiger charge is 2.41. The van der Waals surface area contributed by atoms with Crippen LogP contribution in [0.3, 0.4) is 0 Å². The third-order valence-corrected chi connectivity index (χ3v) is 5.35. The van der Waals surface area contributed by atoms with E-state index in [1.807, 2.05) is 31.2 Å². The van der Waals surface area contributed by atoms with Gasteiger partial charge in [0.15, 0.2) is 5.75 Å². The fraction of sp³-hybridized carbons (Fsp3) is 0.238. The molecule has 0 radical (unpaired) electrons. The normalized spacial score (nSPS) is 17.0. The molecule has 2 aliphatic rings. The second-order valence-corrected chi connectivity index (χ2v) is 7.24. The van der Waals surface area contributed by atoms with Crippen molar-refractivity contribution in [3.05, 3.63) is 53.1 Å². The number of rotatable bonds is 2. The van der Waals surface area contributed by atoms with E-state index in [9.17, 15) is 14.7 Å². The zero-order chi connectivity index (χ0) is 19.4. The maximum absolute atomic E-state index is 12.9. The van der Waals surface area contributed by atoms with Crippen LogP contribution >= 0.6 is 0 Å². The highest BCUT2D eigenvalue weighted by atomic mass is 16.3. The van der Waals surface area contributed by atoms with Crippen LogP contribution in [0.5, 0.6) is 5.75 Å². The van der Waals surface area contributed by atoms with E-state index in [0.29, 0.717) is 40.7 Å². The molecule has 0 bridgehead atoms. The van der Waals surface area contributed by atoms with Crippen molar-refractivity contribution in [3.63, 3.8) is 0 Å². The maximum atomic E-state index is 12.9. The van der Waals surface area contributed by atoms with E-state index in [1.54, 1.807) is 12.1 Å². The second-order valence-electron chi connectivity index (χ2n) is 7.24. The van der Waals surface area contributed by atoms with Crippen molar-refractivity contribution in [2.24, 2.45) is 0 Å². The predicted octanol–water partition coefficient (Wildman–Crippen LogP) is 3.18. The van der Waals surface area contributed by atoms with Gasteiger partial charge < -0.3 is 5.11 Å². The van der Waals surface area contributed by atoms with Crippen LogP contribution in [0.2, 0.25) is 0 Å². The lowest BCUT2D eigenvalue weighted by atomic mass is 9.93. The van der Waals surface area contributed by atoms with Gasteiger partial charge in [-0.25, -0.2) is 4.90 Å². The summed E-state index contributed by atoms with van der Waals surface area (Å²) in [5.41, 5.74) is 3.85. The summed E-state index contributed by atoms with van der Waals surface area (Å²) >= 11 is 0. The number of amides is 2. The van der Waals surface area contributed by atoms with Gasteiger partial charge in [-0.05, 0) is 62.4 Å². The topological polar surface area (TPSA) is 88.3 Å². The zero-order valence-corrected chi connectivity index (χ0v) is 15.3. The Balaban J connectivity index is 1.64. The first kappa shape index (κ1) is 16.7. The summed E-state index contributed by atoms with van der Waals surface area (Å²) in [5, 5.41) is 19.8. The Morgan fingerprint density at radius 2 is 1.43 bits per heavy atom. The number of hydrogen-bond donors (Lipinski definition) is 1. The second kappa shape index (κ2) is 6.02. The molecule has 7 nitrogen and oxygen atoms in total. The van der Waals surface area contributed by atoms with E-state index >= 15 is 0 Å². The molecule has 2 amide bonds. The van der Waals surface area contributed by atoms with Crippen molar-refractivity contribution >= 4 is 28.5 Å². The minimum Gasteiger partial charge on any atom is -0.504 e. The molecule has 1 aromatic heterocycles. The van der Waals surface area contributed by atoms with Crippen LogP contribution in [0.1, 0.15) is 31.2 Å². The molecule has 0 fully saturated rings. The lowest BCUT2D eigenvalue weighted by Crippen LogP contribution is -2.31. The number of phenolic OH excluding ortho intramolecular Hbond substituents is 1. The number of carbonyl (C=O) groups excluding carboxylic acids is 2. The highest BCUT2D eigenvalue weighted by Crippen LogP contribution is 2.41. The molecule has 0 saturated heterocycles. The number of phenols is 1. The maximum Gasteiger partial charge on any atom is 0.261 e. The summed E-state index contributed by atoms with van der Waals surface area (Å²) in [7, 11) is 0. The minimum atomic E-state index is -0.329. The zero-order valence-electron chi connectivity index (χ0n) is 15.3. The molecule has 0 spiro atoms. The molecule has 1 aliphatic carbocycles. The van der Waals surface area contributed by atoms with Crippen LogP contribution in [0.4, 0.5) is 5.69 Å². The number of carbonyl (C=O) groups is 2. The van der Waals surface area contributed by atoms with Crippen LogP contribution in [-0.2, 0) is 9.59 Å². The quantitative estimate of drug-likeness (QED) is 0.696. The van der Waals surface area contributed by atoms with Gasteiger partial charge in [0.2, 0.25) is 0 Å². The van der Waals surface area contributed by atoms with Crippen LogP contribution < -0.4 is 4.90 Å². The Morgan fingerprint density at radius 3 is 2.00 bits per heavy atom. The lowest BCUT2D eigenvalue weighted by Gasteiger charge is -2.19. The summed E-state index contributed by atoms with van der Waals surface area (Å²) in [6.07, 6.45) is 3.03. The van der Waals surface area contributed by atoms with Crippen molar-refractivity contribution in [2.45, 2.75) is 32.6 Å². The molecule has 1 N–H and O–H groups in total. The Bertz CT molecular complexity index is 1130. The fourth-order valence-electron chi connectivity index (χ4n) is 3.99. The van der Waals surface area contributed by atoms with Gasteiger partial charge in [-0.2, -0.15) is 0 Å². The summed E-state index contributed by atoms with van der Waals surface area (Å²) in [4.78, 5) is 28.2. The molecule has 2 heterocycles. The Morgan fingerprint density at radius 1 is 0.893 bits per heavy atom. The number of nitrogens with zero attached hydrogens (tertiary/aromatic N) is 4. The Hall–Kier alpha value is -3.48. The number of aryl methyl sites for hydroxylation is 1. The van der Waals surface area contributed by atoms with E-state index < -0.39 is 0 Å². The van der Waals surface area contributed by atoms with Gasteiger partial charge in [0, 0.05) is 11.1 Å². The minimum absolute atomic E-state index is 0.181. The number of imide groups is 1. The average molecular weight is 374 g/mol. The van der Waals surface area contributed by atoms with E-state index in [1.165, 1.54) is 4.80 Å². The van der Waals surface area contributed by atoms with Crippen LogP contribution in [0, 0.1) is 6.92 Å². The van der Waals surface area contributed by atoms with Gasteiger partial charge in [0.1, 0.15) is 16.7 Å². The van der Waals surface area contributed by atoms with Gasteiger partial charge in [-0.3, -0.25) is 9.59 Å². The smallest absolute Gasteiger partial charge is 0.261 e. The van der Waals surface area contributed by atoms with E-state index in [-0.39, 0.29) is 23.3 Å². The summed E-state index contributed by atoms with van der Waals surface area (Å²) in [6.45, 7) is 1.84. The number of hydrogen-bond acceptors (Lipinski definition) is 5. The first-order valence-corrected chi connectivity index (χ1v) is 9.31. The molecule has 2 aromatic carbocycles. The molecular formula is C21H18N4O3. The molecule has 5 rings (SSSR count). The van der Waals surface area contributed by atoms with Gasteiger partial charge >= 0.3 is 0 Å². The number of anilines is 1. The largest absolute Gasteiger partial charge is 0.504 e. The van der Waals surface area contributed by atoms with E-state index in [2.05, 4.69) is 10.2 Å². The van der Waals surface area contributed by atoms with Gasteiger partial charge in [-0.1, -0.05) is 12.1 Å². The summed E-state index contributed by atoms with van der Waals surface area (Å²) in [5.74, 6) is -0.845. The third-order valence-electron chi connectivity index (χ3n) is 5.35. The molecule has 28 heavy (non-hydrogen) atoms. The first-order valence-electron chi connectivity index (χ1n) is 9.31. The van der Waals surface area contributed by atoms with Crippen molar-refractivity contribution < 1.29 is 14.7 Å². The molecule has 140 valence electrons. The first-order chi connectivity index (χ1) is 13.5. The number of aromatic nitrogens is 3. The van der Waals surface area contributed by atoms with Crippen molar-refractivity contribution in [2.75, 3.05) is 4.90 Å². The van der Waals surface area contributed by atoms with Gasteiger partial charge in [0.25, 0.3) is 11.8 Å². The average Bonchev–Trinajstić information content (AvgIpc) is 3.23. The Labute approximate surface area is 160 Å². The predicted molar refractivity (Wildman–Crippen MR) is 103 cm³/mol. The van der Waals surface area contributed by atoms with Crippen LogP contribution in [-0.4, -0.2) is 31.9 Å². The standard InChI is InChI=1S/C21H18N4O3/c1-12-10-17(24-20(27)13-6-2-3-7-14(13)21(24)28)19(26)18(11-12)25-22-15-8-4-5-9-16(15)23-25/h4-5,8-11,26H,2-3,6-7H2,1H3. The molecule has 0 atom stereocenters. The van der Waals surface area contributed by atoms with Crippen LogP contribution in [0.15, 0.2) is 47.5 Å². The Kier molecular flexibility index (Phi) is 3.58. The van der Waals surface area contributed by atoms with Gasteiger partial charge in [-0.15, -0.1) is 15.0 Å². The molecule has 0 saturated carbocycles.